The zero-order valence-corrected chi connectivity index (χ0v) is 15.6. The van der Waals surface area contributed by atoms with Crippen LogP contribution in [0.5, 0.6) is 5.75 Å². The Balaban J connectivity index is 2.01. The largest absolute Gasteiger partial charge is 0.487 e. The standard InChI is InChI=1S/C18H26FN5O4/c19-7-9-23(21)11-13(20)12-28-14-5-6-15-16(10-14)24(18(27)22-15)8-3-1-2-4-17(25)26/h5-6,10-11H,1-4,7-9,12,20-21H2,(H,22,27)(H,25,26)/b13-11-. The van der Waals surface area contributed by atoms with Crippen LogP contribution in [-0.2, 0) is 11.3 Å². The summed E-state index contributed by atoms with van der Waals surface area (Å²) in [4.78, 5) is 25.5. The number of nitrogens with one attached hydrogen (secondary N) is 1. The van der Waals surface area contributed by atoms with Gasteiger partial charge in [0.05, 0.1) is 23.3 Å². The number of hydrogen-bond acceptors (Lipinski definition) is 6. The number of imidazole rings is 1. The number of nitrogens with two attached hydrogens (primary N) is 2. The van der Waals surface area contributed by atoms with Gasteiger partial charge in [0.25, 0.3) is 0 Å². The molecule has 1 aromatic heterocycles. The molecule has 0 saturated heterocycles. The number of benzene rings is 1. The molecular formula is C18H26FN5O4. The van der Waals surface area contributed by atoms with E-state index < -0.39 is 12.6 Å². The maximum atomic E-state index is 12.2. The molecule has 1 aromatic carbocycles. The van der Waals surface area contributed by atoms with E-state index in [1.807, 2.05) is 0 Å². The minimum absolute atomic E-state index is 0.0365. The predicted molar refractivity (Wildman–Crippen MR) is 103 cm³/mol. The van der Waals surface area contributed by atoms with Crippen molar-refractivity contribution in [2.75, 3.05) is 19.8 Å². The lowest BCUT2D eigenvalue weighted by atomic mass is 10.2. The van der Waals surface area contributed by atoms with Crippen LogP contribution in [0.3, 0.4) is 0 Å². The minimum Gasteiger partial charge on any atom is -0.487 e. The first-order chi connectivity index (χ1) is 13.4. The van der Waals surface area contributed by atoms with Gasteiger partial charge in [0.2, 0.25) is 0 Å². The zero-order valence-electron chi connectivity index (χ0n) is 15.6. The second kappa shape index (κ2) is 10.4. The smallest absolute Gasteiger partial charge is 0.326 e. The summed E-state index contributed by atoms with van der Waals surface area (Å²) in [5.41, 5.74) is 7.29. The molecule has 0 aliphatic rings. The van der Waals surface area contributed by atoms with Gasteiger partial charge in [0.1, 0.15) is 19.0 Å². The topological polar surface area (TPSA) is 140 Å². The van der Waals surface area contributed by atoms with Crippen LogP contribution in [-0.4, -0.2) is 45.5 Å². The van der Waals surface area contributed by atoms with Crippen LogP contribution in [0.25, 0.3) is 11.0 Å². The third kappa shape index (κ3) is 6.31. The number of halogens is 1. The van der Waals surface area contributed by atoms with Crippen molar-refractivity contribution >= 4 is 17.0 Å². The fourth-order valence-corrected chi connectivity index (χ4v) is 2.75. The lowest BCUT2D eigenvalue weighted by Gasteiger charge is -2.13. The Labute approximate surface area is 161 Å². The normalized spacial score (nSPS) is 11.7. The summed E-state index contributed by atoms with van der Waals surface area (Å²) >= 11 is 0. The molecule has 154 valence electrons. The van der Waals surface area contributed by atoms with Crippen LogP contribution in [0.1, 0.15) is 25.7 Å². The minimum atomic E-state index is -0.818. The number of ether oxygens (including phenoxy) is 1. The number of hydrazine groups is 1. The molecule has 0 bridgehead atoms. The van der Waals surface area contributed by atoms with Crippen molar-refractivity contribution in [1.29, 1.82) is 0 Å². The summed E-state index contributed by atoms with van der Waals surface area (Å²) in [7, 11) is 0. The number of aromatic amines is 1. The van der Waals surface area contributed by atoms with Gasteiger partial charge in [-0.2, -0.15) is 0 Å². The molecule has 0 unspecified atom stereocenters. The van der Waals surface area contributed by atoms with Gasteiger partial charge in [-0.3, -0.25) is 9.36 Å². The van der Waals surface area contributed by atoms with Gasteiger partial charge >= 0.3 is 11.7 Å². The lowest BCUT2D eigenvalue weighted by molar-refractivity contribution is -0.137. The van der Waals surface area contributed by atoms with Gasteiger partial charge in [0, 0.05) is 25.2 Å². The summed E-state index contributed by atoms with van der Waals surface area (Å²) < 4.78 is 19.4. The number of aryl methyl sites for hydroxylation is 1. The summed E-state index contributed by atoms with van der Waals surface area (Å²) in [6.45, 7) is -0.00146. The van der Waals surface area contributed by atoms with E-state index >= 15 is 0 Å². The number of nitrogens with zero attached hydrogens (tertiary/aromatic N) is 2. The number of aliphatic carboxylic acids is 1. The third-order valence-electron chi connectivity index (χ3n) is 4.10. The van der Waals surface area contributed by atoms with Gasteiger partial charge < -0.3 is 25.6 Å². The molecule has 10 heteroatoms. The Bertz CT molecular complexity index is 876. The molecule has 0 fully saturated rings. The second-order valence-corrected chi connectivity index (χ2v) is 6.38. The quantitative estimate of drug-likeness (QED) is 0.241. The van der Waals surface area contributed by atoms with E-state index in [1.54, 1.807) is 22.8 Å². The van der Waals surface area contributed by atoms with Crippen molar-refractivity contribution < 1.29 is 19.0 Å². The molecule has 0 spiro atoms. The van der Waals surface area contributed by atoms with Crippen LogP contribution in [0.4, 0.5) is 4.39 Å². The van der Waals surface area contributed by atoms with Gasteiger partial charge in [-0.25, -0.2) is 15.0 Å². The summed E-state index contributed by atoms with van der Waals surface area (Å²) in [6, 6.07) is 5.19. The van der Waals surface area contributed by atoms with Crippen molar-refractivity contribution in [3.8, 4) is 5.75 Å². The number of carboxylic acids is 1. The molecule has 0 amide bonds. The molecule has 6 N–H and O–H groups in total. The molecule has 0 aliphatic heterocycles. The van der Waals surface area contributed by atoms with Crippen molar-refractivity contribution in [1.82, 2.24) is 14.6 Å². The molecule has 0 aliphatic carbocycles. The predicted octanol–water partition coefficient (Wildman–Crippen LogP) is 1.30. The maximum Gasteiger partial charge on any atom is 0.326 e. The number of carbonyl (C=O) groups is 1. The van der Waals surface area contributed by atoms with Crippen LogP contribution in [0, 0.1) is 0 Å². The van der Waals surface area contributed by atoms with Gasteiger partial charge in [-0.15, -0.1) is 0 Å². The van der Waals surface area contributed by atoms with E-state index in [1.165, 1.54) is 6.20 Å². The fourth-order valence-electron chi connectivity index (χ4n) is 2.75. The Kier molecular flexibility index (Phi) is 7.88. The highest BCUT2D eigenvalue weighted by molar-refractivity contribution is 5.77. The maximum absolute atomic E-state index is 12.2. The molecular weight excluding hydrogens is 369 g/mol. The molecule has 0 saturated carbocycles. The van der Waals surface area contributed by atoms with E-state index in [0.717, 1.165) is 11.4 Å². The third-order valence-corrected chi connectivity index (χ3v) is 4.10. The Morgan fingerprint density at radius 3 is 2.86 bits per heavy atom. The first-order valence-corrected chi connectivity index (χ1v) is 9.01. The Morgan fingerprint density at radius 2 is 2.14 bits per heavy atom. The number of H-pyrrole nitrogens is 1. The molecule has 28 heavy (non-hydrogen) atoms. The van der Waals surface area contributed by atoms with Gasteiger partial charge in [-0.1, -0.05) is 6.42 Å². The number of carboxylic acid groups (broad SMARTS) is 1. The highest BCUT2D eigenvalue weighted by Gasteiger charge is 2.08. The average Bonchev–Trinajstić information content (AvgIpc) is 2.94. The second-order valence-electron chi connectivity index (χ2n) is 6.38. The number of hydrogen-bond donors (Lipinski definition) is 4. The van der Waals surface area contributed by atoms with Crippen LogP contribution < -0.4 is 22.0 Å². The number of rotatable bonds is 12. The first-order valence-electron chi connectivity index (χ1n) is 9.01. The number of unbranched alkanes of at least 4 members (excludes halogenated alkanes) is 2. The molecule has 0 atom stereocenters. The number of aromatic nitrogens is 2. The van der Waals surface area contributed by atoms with Crippen LogP contribution in [0.15, 0.2) is 34.9 Å². The SMILES string of the molecule is N/C(=C\N(N)CCF)COc1ccc2[nH]c(=O)n(CCCCCC(=O)O)c2c1. The average molecular weight is 395 g/mol. The summed E-state index contributed by atoms with van der Waals surface area (Å²) in [5, 5.41) is 9.81. The number of fused-ring (bicyclic) bond motifs is 1. The van der Waals surface area contributed by atoms with Crippen molar-refractivity contribution in [3.63, 3.8) is 0 Å². The van der Waals surface area contributed by atoms with E-state index in [4.69, 9.17) is 21.4 Å². The summed E-state index contributed by atoms with van der Waals surface area (Å²) in [5.74, 6) is 5.25. The molecule has 2 aromatic rings. The van der Waals surface area contributed by atoms with E-state index in [-0.39, 0.29) is 25.3 Å². The van der Waals surface area contributed by atoms with Gasteiger partial charge in [-0.05, 0) is 25.0 Å². The van der Waals surface area contributed by atoms with E-state index in [2.05, 4.69) is 4.98 Å². The molecule has 0 radical (unpaired) electrons. The van der Waals surface area contributed by atoms with Crippen molar-refractivity contribution in [2.24, 2.45) is 11.6 Å². The zero-order chi connectivity index (χ0) is 20.5. The van der Waals surface area contributed by atoms with Crippen LogP contribution in [0.2, 0.25) is 0 Å². The first kappa shape index (κ1) is 21.3. The highest BCUT2D eigenvalue weighted by atomic mass is 19.1. The van der Waals surface area contributed by atoms with Gasteiger partial charge in [0.15, 0.2) is 0 Å². The Morgan fingerprint density at radius 1 is 1.36 bits per heavy atom. The fraction of sp³-hybridized carbons (Fsp3) is 0.444. The summed E-state index contributed by atoms with van der Waals surface area (Å²) in [6.07, 6.45) is 3.52. The molecule has 2 rings (SSSR count). The lowest BCUT2D eigenvalue weighted by Crippen LogP contribution is -2.29. The monoisotopic (exact) mass is 395 g/mol. The van der Waals surface area contributed by atoms with Crippen LogP contribution >= 0.6 is 0 Å². The molecule has 1 heterocycles. The highest BCUT2D eigenvalue weighted by Crippen LogP contribution is 2.19. The van der Waals surface area contributed by atoms with Crippen molar-refractivity contribution in [3.05, 3.63) is 40.6 Å². The van der Waals surface area contributed by atoms with Crippen molar-refractivity contribution in [2.45, 2.75) is 32.2 Å². The Hall–Kier alpha value is -3.01. The number of alkyl halides is 1. The van der Waals surface area contributed by atoms with E-state index in [9.17, 15) is 14.0 Å². The van der Waals surface area contributed by atoms with E-state index in [0.29, 0.717) is 41.9 Å². The molecule has 9 nitrogen and oxygen atoms in total.